The molecule has 0 spiro atoms. The van der Waals surface area contributed by atoms with E-state index in [1.54, 1.807) is 0 Å². The third-order valence-electron chi connectivity index (χ3n) is 2.37. The fourth-order valence-electron chi connectivity index (χ4n) is 1.54. The molecule has 0 heterocycles. The lowest BCUT2D eigenvalue weighted by Crippen LogP contribution is -2.05. The van der Waals surface area contributed by atoms with Crippen molar-refractivity contribution in [2.75, 3.05) is 18.5 Å². The first kappa shape index (κ1) is 11.1. The van der Waals surface area contributed by atoms with Crippen LogP contribution in [0.1, 0.15) is 24.0 Å². The van der Waals surface area contributed by atoms with E-state index in [-0.39, 0.29) is 6.61 Å². The van der Waals surface area contributed by atoms with Gasteiger partial charge in [-0.1, -0.05) is 18.2 Å². The van der Waals surface area contributed by atoms with Gasteiger partial charge in [0.05, 0.1) is 0 Å². The lowest BCUT2D eigenvalue weighted by molar-refractivity contribution is 0.286. The van der Waals surface area contributed by atoms with E-state index >= 15 is 0 Å². The molecule has 2 nitrogen and oxygen atoms in total. The maximum absolute atomic E-state index is 8.64. The number of benzene rings is 1. The van der Waals surface area contributed by atoms with Crippen LogP contribution < -0.4 is 5.32 Å². The first-order chi connectivity index (χ1) is 6.75. The van der Waals surface area contributed by atoms with Crippen LogP contribution in [-0.2, 0) is 0 Å². The predicted molar refractivity (Wildman–Crippen MR) is 60.7 cm³/mol. The van der Waals surface area contributed by atoms with E-state index in [1.807, 2.05) is 0 Å². The number of unbranched alkanes of at least 4 members (excludes halogenated alkanes) is 1. The minimum absolute atomic E-state index is 0.286. The largest absolute Gasteiger partial charge is 0.396 e. The van der Waals surface area contributed by atoms with Crippen LogP contribution in [0.15, 0.2) is 18.2 Å². The number of hydrogen-bond donors (Lipinski definition) is 2. The maximum atomic E-state index is 8.64. The van der Waals surface area contributed by atoms with Gasteiger partial charge in [0.2, 0.25) is 0 Å². The van der Waals surface area contributed by atoms with Crippen molar-refractivity contribution < 1.29 is 5.11 Å². The highest BCUT2D eigenvalue weighted by atomic mass is 16.2. The lowest BCUT2D eigenvalue weighted by Gasteiger charge is -2.11. The first-order valence-electron chi connectivity index (χ1n) is 5.16. The van der Waals surface area contributed by atoms with Gasteiger partial charge in [-0.25, -0.2) is 0 Å². The smallest absolute Gasteiger partial charge is 0.0431 e. The molecule has 0 saturated carbocycles. The van der Waals surface area contributed by atoms with Crippen molar-refractivity contribution in [3.63, 3.8) is 0 Å². The summed E-state index contributed by atoms with van der Waals surface area (Å²) < 4.78 is 0. The molecular weight excluding hydrogens is 174 g/mol. The Morgan fingerprint density at radius 3 is 2.36 bits per heavy atom. The third kappa shape index (κ3) is 3.04. The molecule has 0 fully saturated rings. The Kier molecular flexibility index (Phi) is 4.47. The fraction of sp³-hybridized carbons (Fsp3) is 0.500. The normalized spacial score (nSPS) is 10.2. The number of para-hydroxylation sites is 1. The van der Waals surface area contributed by atoms with Crippen LogP contribution in [0.2, 0.25) is 0 Å². The number of anilines is 1. The highest BCUT2D eigenvalue weighted by molar-refractivity contribution is 5.56. The van der Waals surface area contributed by atoms with Crippen LogP contribution in [0.5, 0.6) is 0 Å². The summed E-state index contributed by atoms with van der Waals surface area (Å²) in [5.41, 5.74) is 3.81. The van der Waals surface area contributed by atoms with Crippen molar-refractivity contribution in [1.82, 2.24) is 0 Å². The molecule has 0 aliphatic carbocycles. The quantitative estimate of drug-likeness (QED) is 0.704. The van der Waals surface area contributed by atoms with Gasteiger partial charge in [-0.05, 0) is 37.8 Å². The van der Waals surface area contributed by atoms with Crippen molar-refractivity contribution in [3.05, 3.63) is 29.3 Å². The van der Waals surface area contributed by atoms with E-state index in [1.165, 1.54) is 16.8 Å². The van der Waals surface area contributed by atoms with E-state index in [0.29, 0.717) is 0 Å². The predicted octanol–water partition coefficient (Wildman–Crippen LogP) is 2.49. The summed E-state index contributed by atoms with van der Waals surface area (Å²) in [6.45, 7) is 5.45. The zero-order valence-corrected chi connectivity index (χ0v) is 9.01. The van der Waals surface area contributed by atoms with Crippen molar-refractivity contribution >= 4 is 5.69 Å². The summed E-state index contributed by atoms with van der Waals surface area (Å²) in [5, 5.41) is 12.0. The van der Waals surface area contributed by atoms with E-state index in [2.05, 4.69) is 37.4 Å². The molecule has 2 heteroatoms. The van der Waals surface area contributed by atoms with Crippen molar-refractivity contribution in [2.24, 2.45) is 0 Å². The van der Waals surface area contributed by atoms with Gasteiger partial charge in [-0.3, -0.25) is 0 Å². The van der Waals surface area contributed by atoms with Crippen LogP contribution in [0.25, 0.3) is 0 Å². The number of nitrogens with one attached hydrogen (secondary N) is 1. The highest BCUT2D eigenvalue weighted by Crippen LogP contribution is 2.19. The van der Waals surface area contributed by atoms with Crippen molar-refractivity contribution in [3.8, 4) is 0 Å². The molecular formula is C12H19NO. The number of aryl methyl sites for hydroxylation is 2. The number of aliphatic hydroxyl groups excluding tert-OH is 1. The van der Waals surface area contributed by atoms with Crippen LogP contribution >= 0.6 is 0 Å². The maximum Gasteiger partial charge on any atom is 0.0431 e. The Hall–Kier alpha value is -1.02. The summed E-state index contributed by atoms with van der Waals surface area (Å²) in [7, 11) is 0. The van der Waals surface area contributed by atoms with E-state index in [0.717, 1.165) is 19.4 Å². The minimum Gasteiger partial charge on any atom is -0.396 e. The van der Waals surface area contributed by atoms with Gasteiger partial charge >= 0.3 is 0 Å². The molecule has 0 unspecified atom stereocenters. The molecule has 1 rings (SSSR count). The molecule has 0 atom stereocenters. The average Bonchev–Trinajstić information content (AvgIpc) is 2.16. The summed E-state index contributed by atoms with van der Waals surface area (Å²) >= 11 is 0. The Balaban J connectivity index is 2.49. The van der Waals surface area contributed by atoms with Crippen molar-refractivity contribution in [1.29, 1.82) is 0 Å². The Morgan fingerprint density at radius 1 is 1.14 bits per heavy atom. The van der Waals surface area contributed by atoms with Crippen LogP contribution in [0.4, 0.5) is 5.69 Å². The van der Waals surface area contributed by atoms with Crippen LogP contribution in [-0.4, -0.2) is 18.3 Å². The molecule has 14 heavy (non-hydrogen) atoms. The van der Waals surface area contributed by atoms with Gasteiger partial charge in [0.1, 0.15) is 0 Å². The SMILES string of the molecule is Cc1cccc(C)c1NCCCCO. The Morgan fingerprint density at radius 2 is 1.79 bits per heavy atom. The zero-order valence-electron chi connectivity index (χ0n) is 9.01. The first-order valence-corrected chi connectivity index (χ1v) is 5.16. The summed E-state index contributed by atoms with van der Waals surface area (Å²) in [6.07, 6.45) is 1.89. The Bertz CT molecular complexity index is 263. The molecule has 0 radical (unpaired) electrons. The van der Waals surface area contributed by atoms with Gasteiger partial charge in [0.15, 0.2) is 0 Å². The second kappa shape index (κ2) is 5.66. The second-order valence-electron chi connectivity index (χ2n) is 3.62. The van der Waals surface area contributed by atoms with E-state index < -0.39 is 0 Å². The van der Waals surface area contributed by atoms with Crippen molar-refractivity contribution in [2.45, 2.75) is 26.7 Å². The number of rotatable bonds is 5. The Labute approximate surface area is 86.0 Å². The molecule has 0 aliphatic heterocycles. The minimum atomic E-state index is 0.286. The van der Waals surface area contributed by atoms with Gasteiger partial charge in [0.25, 0.3) is 0 Å². The number of aliphatic hydroxyl groups is 1. The third-order valence-corrected chi connectivity index (χ3v) is 2.37. The summed E-state index contributed by atoms with van der Waals surface area (Å²) in [6, 6.07) is 6.30. The van der Waals surface area contributed by atoms with Gasteiger partial charge < -0.3 is 10.4 Å². The molecule has 0 aromatic heterocycles. The fourth-order valence-corrected chi connectivity index (χ4v) is 1.54. The van der Waals surface area contributed by atoms with E-state index in [4.69, 9.17) is 5.11 Å². The molecule has 78 valence electrons. The zero-order chi connectivity index (χ0) is 10.4. The number of hydrogen-bond acceptors (Lipinski definition) is 2. The molecule has 1 aromatic carbocycles. The summed E-state index contributed by atoms with van der Waals surface area (Å²) in [5.74, 6) is 0. The lowest BCUT2D eigenvalue weighted by atomic mass is 10.1. The van der Waals surface area contributed by atoms with E-state index in [9.17, 15) is 0 Å². The summed E-state index contributed by atoms with van der Waals surface area (Å²) in [4.78, 5) is 0. The average molecular weight is 193 g/mol. The molecule has 0 amide bonds. The molecule has 0 aliphatic rings. The molecule has 0 saturated heterocycles. The van der Waals surface area contributed by atoms with Gasteiger partial charge in [-0.2, -0.15) is 0 Å². The topological polar surface area (TPSA) is 32.3 Å². The van der Waals surface area contributed by atoms with Crippen LogP contribution in [0.3, 0.4) is 0 Å². The van der Waals surface area contributed by atoms with Gasteiger partial charge in [0, 0.05) is 18.8 Å². The van der Waals surface area contributed by atoms with Gasteiger partial charge in [-0.15, -0.1) is 0 Å². The molecule has 2 N–H and O–H groups in total. The second-order valence-corrected chi connectivity index (χ2v) is 3.62. The standard InChI is InChI=1S/C12H19NO/c1-10-6-5-7-11(2)12(10)13-8-3-4-9-14/h5-7,13-14H,3-4,8-9H2,1-2H3. The molecule has 0 bridgehead atoms. The monoisotopic (exact) mass is 193 g/mol. The van der Waals surface area contributed by atoms with Crippen LogP contribution in [0, 0.1) is 13.8 Å². The highest BCUT2D eigenvalue weighted by Gasteiger charge is 1.99. The molecule has 1 aromatic rings.